The molecule has 1 saturated carbocycles. The molecule has 0 spiro atoms. The predicted octanol–water partition coefficient (Wildman–Crippen LogP) is 1.72. The Labute approximate surface area is 116 Å². The van der Waals surface area contributed by atoms with Crippen LogP contribution in [0.25, 0.3) is 0 Å². The van der Waals surface area contributed by atoms with Gasteiger partial charge in [0.2, 0.25) is 0 Å². The van der Waals surface area contributed by atoms with E-state index in [-0.39, 0.29) is 23.7 Å². The van der Waals surface area contributed by atoms with Crippen LogP contribution in [0.4, 0.5) is 17.3 Å². The molecular weight excluding hydrogens is 260 g/mol. The SMILES string of the molecule is Nc1cc([N+](=O)[O-])cc(N2CCOC3CCCCC32)n1. The van der Waals surface area contributed by atoms with E-state index in [9.17, 15) is 10.1 Å². The van der Waals surface area contributed by atoms with Gasteiger partial charge in [0.15, 0.2) is 0 Å². The average molecular weight is 278 g/mol. The Kier molecular flexibility index (Phi) is 3.43. The Bertz CT molecular complexity index is 520. The van der Waals surface area contributed by atoms with Gasteiger partial charge in [-0.2, -0.15) is 0 Å². The summed E-state index contributed by atoms with van der Waals surface area (Å²) in [6.45, 7) is 1.33. The number of morpholine rings is 1. The molecule has 2 fully saturated rings. The molecular formula is C13H18N4O3. The topological polar surface area (TPSA) is 94.5 Å². The second-order valence-corrected chi connectivity index (χ2v) is 5.32. The van der Waals surface area contributed by atoms with Crippen LogP contribution >= 0.6 is 0 Å². The first-order valence-corrected chi connectivity index (χ1v) is 6.95. The molecule has 20 heavy (non-hydrogen) atoms. The van der Waals surface area contributed by atoms with Gasteiger partial charge in [0.05, 0.1) is 35.8 Å². The Morgan fingerprint density at radius 1 is 1.40 bits per heavy atom. The van der Waals surface area contributed by atoms with Crippen LogP contribution < -0.4 is 10.6 Å². The predicted molar refractivity (Wildman–Crippen MR) is 74.6 cm³/mol. The van der Waals surface area contributed by atoms with Crippen LogP contribution in [0, 0.1) is 10.1 Å². The molecule has 2 atom stereocenters. The van der Waals surface area contributed by atoms with E-state index in [2.05, 4.69) is 9.88 Å². The molecule has 3 rings (SSSR count). The first-order valence-electron chi connectivity index (χ1n) is 6.95. The summed E-state index contributed by atoms with van der Waals surface area (Å²) < 4.78 is 5.81. The molecule has 0 amide bonds. The number of rotatable bonds is 2. The number of nitro groups is 1. The van der Waals surface area contributed by atoms with Crippen LogP contribution in [0.15, 0.2) is 12.1 Å². The van der Waals surface area contributed by atoms with Gasteiger partial charge >= 0.3 is 0 Å². The van der Waals surface area contributed by atoms with E-state index >= 15 is 0 Å². The highest BCUT2D eigenvalue weighted by molar-refractivity contribution is 5.55. The summed E-state index contributed by atoms with van der Waals surface area (Å²) in [6.07, 6.45) is 4.63. The van der Waals surface area contributed by atoms with Crippen molar-refractivity contribution < 1.29 is 9.66 Å². The van der Waals surface area contributed by atoms with Crippen molar-refractivity contribution in [3.05, 3.63) is 22.2 Å². The summed E-state index contributed by atoms with van der Waals surface area (Å²) in [7, 11) is 0. The zero-order valence-corrected chi connectivity index (χ0v) is 11.2. The molecule has 0 bridgehead atoms. The molecule has 7 nitrogen and oxygen atoms in total. The molecule has 2 N–H and O–H groups in total. The van der Waals surface area contributed by atoms with E-state index in [1.807, 2.05) is 0 Å². The van der Waals surface area contributed by atoms with Crippen molar-refractivity contribution >= 4 is 17.3 Å². The van der Waals surface area contributed by atoms with Gasteiger partial charge in [0, 0.05) is 6.54 Å². The maximum Gasteiger partial charge on any atom is 0.276 e. The minimum Gasteiger partial charge on any atom is -0.383 e. The lowest BCUT2D eigenvalue weighted by molar-refractivity contribution is -0.384. The van der Waals surface area contributed by atoms with Crippen molar-refractivity contribution in [1.82, 2.24) is 4.98 Å². The normalized spacial score (nSPS) is 26.1. The standard InChI is InChI=1S/C13H18N4O3/c14-12-7-9(17(18)19)8-13(15-12)16-5-6-20-11-4-2-1-3-10(11)16/h7-8,10-11H,1-6H2,(H2,14,15). The van der Waals surface area contributed by atoms with E-state index in [0.717, 1.165) is 19.3 Å². The molecule has 1 aliphatic heterocycles. The zero-order valence-electron chi connectivity index (χ0n) is 11.2. The summed E-state index contributed by atoms with van der Waals surface area (Å²) in [4.78, 5) is 16.9. The maximum absolute atomic E-state index is 10.9. The Morgan fingerprint density at radius 2 is 2.20 bits per heavy atom. The molecule has 1 saturated heterocycles. The minimum absolute atomic E-state index is 0.00801. The van der Waals surface area contributed by atoms with Crippen molar-refractivity contribution in [3.63, 3.8) is 0 Å². The minimum atomic E-state index is -0.430. The Hall–Kier alpha value is -1.89. The van der Waals surface area contributed by atoms with E-state index < -0.39 is 4.92 Å². The van der Waals surface area contributed by atoms with Crippen LogP contribution in [0.3, 0.4) is 0 Å². The van der Waals surface area contributed by atoms with Gasteiger partial charge in [-0.1, -0.05) is 12.8 Å². The van der Waals surface area contributed by atoms with Crippen LogP contribution in [-0.4, -0.2) is 35.2 Å². The summed E-state index contributed by atoms with van der Waals surface area (Å²) in [6, 6.07) is 3.06. The van der Waals surface area contributed by atoms with Crippen LogP contribution in [0.1, 0.15) is 25.7 Å². The van der Waals surface area contributed by atoms with Crippen molar-refractivity contribution in [3.8, 4) is 0 Å². The number of hydrogen-bond donors (Lipinski definition) is 1. The molecule has 2 unspecified atom stereocenters. The number of hydrogen-bond acceptors (Lipinski definition) is 6. The molecule has 0 radical (unpaired) electrons. The lowest BCUT2D eigenvalue weighted by atomic mass is 9.90. The first kappa shape index (κ1) is 13.1. The smallest absolute Gasteiger partial charge is 0.276 e. The number of ether oxygens (including phenoxy) is 1. The molecule has 7 heteroatoms. The van der Waals surface area contributed by atoms with Gasteiger partial charge in [-0.15, -0.1) is 0 Å². The monoisotopic (exact) mass is 278 g/mol. The van der Waals surface area contributed by atoms with Crippen molar-refractivity contribution in [2.75, 3.05) is 23.8 Å². The lowest BCUT2D eigenvalue weighted by Crippen LogP contribution is -2.53. The van der Waals surface area contributed by atoms with Gasteiger partial charge in [-0.05, 0) is 12.8 Å². The number of fused-ring (bicyclic) bond motifs is 1. The summed E-state index contributed by atoms with van der Waals surface area (Å²) in [5.74, 6) is 0.782. The summed E-state index contributed by atoms with van der Waals surface area (Å²) >= 11 is 0. The van der Waals surface area contributed by atoms with Gasteiger partial charge in [-0.3, -0.25) is 10.1 Å². The summed E-state index contributed by atoms with van der Waals surface area (Å²) in [5, 5.41) is 10.9. The molecule has 0 aromatic carbocycles. The molecule has 2 aliphatic rings. The van der Waals surface area contributed by atoms with Gasteiger partial charge in [-0.25, -0.2) is 4.98 Å². The third-order valence-corrected chi connectivity index (χ3v) is 4.05. The third kappa shape index (κ3) is 2.40. The Morgan fingerprint density at radius 3 is 3.00 bits per heavy atom. The quantitative estimate of drug-likeness (QED) is 0.653. The van der Waals surface area contributed by atoms with Crippen molar-refractivity contribution in [2.24, 2.45) is 0 Å². The van der Waals surface area contributed by atoms with E-state index in [0.29, 0.717) is 19.0 Å². The van der Waals surface area contributed by atoms with Gasteiger partial charge in [0.25, 0.3) is 5.69 Å². The highest BCUT2D eigenvalue weighted by Crippen LogP contribution is 2.32. The van der Waals surface area contributed by atoms with Crippen LogP contribution in [0.2, 0.25) is 0 Å². The van der Waals surface area contributed by atoms with Crippen LogP contribution in [0.5, 0.6) is 0 Å². The van der Waals surface area contributed by atoms with Gasteiger partial charge < -0.3 is 15.4 Å². The largest absolute Gasteiger partial charge is 0.383 e. The number of pyridine rings is 1. The molecule has 108 valence electrons. The zero-order chi connectivity index (χ0) is 14.1. The second kappa shape index (κ2) is 5.24. The maximum atomic E-state index is 10.9. The van der Waals surface area contributed by atoms with E-state index in [4.69, 9.17) is 10.5 Å². The average Bonchev–Trinajstić information content (AvgIpc) is 2.46. The Balaban J connectivity index is 1.92. The van der Waals surface area contributed by atoms with Crippen molar-refractivity contribution in [2.45, 2.75) is 37.8 Å². The number of nitrogen functional groups attached to an aromatic ring is 1. The fraction of sp³-hybridized carbons (Fsp3) is 0.615. The van der Waals surface area contributed by atoms with Gasteiger partial charge in [0.1, 0.15) is 11.6 Å². The highest BCUT2D eigenvalue weighted by Gasteiger charge is 2.35. The number of anilines is 2. The summed E-state index contributed by atoms with van der Waals surface area (Å²) in [5.41, 5.74) is 5.69. The number of aromatic nitrogens is 1. The van der Waals surface area contributed by atoms with E-state index in [1.54, 1.807) is 0 Å². The molecule has 1 aliphatic carbocycles. The number of nitrogens with zero attached hydrogens (tertiary/aromatic N) is 3. The number of nitrogens with two attached hydrogens (primary N) is 1. The lowest BCUT2D eigenvalue weighted by Gasteiger charge is -2.44. The molecule has 1 aromatic rings. The molecule has 1 aromatic heterocycles. The second-order valence-electron chi connectivity index (χ2n) is 5.32. The highest BCUT2D eigenvalue weighted by atomic mass is 16.6. The van der Waals surface area contributed by atoms with E-state index in [1.165, 1.54) is 18.6 Å². The third-order valence-electron chi connectivity index (χ3n) is 4.05. The van der Waals surface area contributed by atoms with Crippen molar-refractivity contribution in [1.29, 1.82) is 0 Å². The fourth-order valence-corrected chi connectivity index (χ4v) is 3.16. The van der Waals surface area contributed by atoms with Crippen LogP contribution in [-0.2, 0) is 4.74 Å². The first-order chi connectivity index (χ1) is 9.65. The molecule has 2 heterocycles. The fourth-order valence-electron chi connectivity index (χ4n) is 3.16.